The Morgan fingerprint density at radius 1 is 1.12 bits per heavy atom. The molecule has 0 radical (unpaired) electrons. The molecule has 0 bridgehead atoms. The summed E-state index contributed by atoms with van der Waals surface area (Å²) in [7, 11) is 1.45. The molecule has 1 amide bonds. The molecule has 1 saturated heterocycles. The Balaban J connectivity index is 1.76. The summed E-state index contributed by atoms with van der Waals surface area (Å²) < 4.78 is 7.23. The van der Waals surface area contributed by atoms with Gasteiger partial charge >= 0.3 is 0 Å². The Morgan fingerprint density at radius 3 is 2.59 bits per heavy atom. The number of pyridine rings is 1. The van der Waals surface area contributed by atoms with E-state index in [4.69, 9.17) is 16.3 Å². The molecule has 32 heavy (non-hydrogen) atoms. The molecule has 0 aliphatic carbocycles. The van der Waals surface area contributed by atoms with Crippen LogP contribution < -0.4 is 4.74 Å². The van der Waals surface area contributed by atoms with Gasteiger partial charge in [-0.15, -0.1) is 0 Å². The minimum atomic E-state index is -0.760. The lowest BCUT2D eigenvalue weighted by molar-refractivity contribution is -0.139. The van der Waals surface area contributed by atoms with Crippen LogP contribution in [0.4, 0.5) is 0 Å². The fourth-order valence-corrected chi connectivity index (χ4v) is 4.03. The van der Waals surface area contributed by atoms with Gasteiger partial charge in [0, 0.05) is 42.9 Å². The maximum atomic E-state index is 13.1. The van der Waals surface area contributed by atoms with E-state index in [0.717, 1.165) is 0 Å². The lowest BCUT2D eigenvalue weighted by atomic mass is 9.95. The topological polar surface area (TPSA) is 97.6 Å². The van der Waals surface area contributed by atoms with Gasteiger partial charge in [0.1, 0.15) is 11.5 Å². The summed E-state index contributed by atoms with van der Waals surface area (Å²) in [5.74, 6) is -1.41. The molecular weight excluding hydrogens is 432 g/mol. The molecule has 1 N–H and O–H groups in total. The molecule has 3 aromatic rings. The summed E-state index contributed by atoms with van der Waals surface area (Å²) in [4.78, 5) is 35.6. The number of methoxy groups -OCH3 is 1. The van der Waals surface area contributed by atoms with Gasteiger partial charge in [-0.1, -0.05) is 11.6 Å². The summed E-state index contributed by atoms with van der Waals surface area (Å²) in [6.45, 7) is 0.952. The van der Waals surface area contributed by atoms with Gasteiger partial charge < -0.3 is 19.3 Å². The second kappa shape index (κ2) is 9.23. The van der Waals surface area contributed by atoms with E-state index in [-0.39, 0.29) is 16.9 Å². The molecule has 164 valence electrons. The molecule has 0 spiro atoms. The highest BCUT2D eigenvalue weighted by Gasteiger charge is 2.46. The predicted molar refractivity (Wildman–Crippen MR) is 118 cm³/mol. The number of benzene rings is 1. The first kappa shape index (κ1) is 21.6. The zero-order valence-corrected chi connectivity index (χ0v) is 18.1. The van der Waals surface area contributed by atoms with Crippen molar-refractivity contribution < 1.29 is 19.4 Å². The Labute approximate surface area is 189 Å². The number of hydrogen-bond donors (Lipinski definition) is 1. The van der Waals surface area contributed by atoms with E-state index in [9.17, 15) is 14.7 Å². The molecule has 0 saturated carbocycles. The molecule has 1 aliphatic rings. The van der Waals surface area contributed by atoms with Gasteiger partial charge in [0.2, 0.25) is 0 Å². The third-order valence-electron chi connectivity index (χ3n) is 5.35. The van der Waals surface area contributed by atoms with E-state index >= 15 is 0 Å². The SMILES string of the molecule is COc1ccc(Cl)cc1C(O)=C1C(=O)C(=O)N(CCCn2ccnc2)[C@H]1c1ccncc1. The molecule has 4 rings (SSSR count). The number of halogens is 1. The maximum Gasteiger partial charge on any atom is 0.295 e. The van der Waals surface area contributed by atoms with Crippen LogP contribution in [-0.2, 0) is 16.1 Å². The van der Waals surface area contributed by atoms with Gasteiger partial charge in [0.05, 0.1) is 30.6 Å². The summed E-state index contributed by atoms with van der Waals surface area (Å²) in [5, 5.41) is 11.5. The van der Waals surface area contributed by atoms with Crippen LogP contribution >= 0.6 is 11.6 Å². The second-order valence-corrected chi connectivity index (χ2v) is 7.71. The van der Waals surface area contributed by atoms with Crippen LogP contribution in [0.1, 0.15) is 23.6 Å². The molecule has 1 aromatic carbocycles. The van der Waals surface area contributed by atoms with E-state index < -0.39 is 17.7 Å². The third kappa shape index (κ3) is 4.09. The van der Waals surface area contributed by atoms with Crippen LogP contribution in [0.25, 0.3) is 5.76 Å². The van der Waals surface area contributed by atoms with Crippen LogP contribution in [0, 0.1) is 0 Å². The van der Waals surface area contributed by atoms with Crippen molar-refractivity contribution in [3.05, 3.63) is 83.2 Å². The van der Waals surface area contributed by atoms with E-state index in [1.54, 1.807) is 49.2 Å². The quantitative estimate of drug-likeness (QED) is 0.335. The monoisotopic (exact) mass is 452 g/mol. The van der Waals surface area contributed by atoms with Crippen LogP contribution in [0.15, 0.2) is 67.0 Å². The summed E-state index contributed by atoms with van der Waals surface area (Å²) in [6, 6.07) is 7.41. The smallest absolute Gasteiger partial charge is 0.295 e. The first-order valence-electron chi connectivity index (χ1n) is 9.99. The number of aliphatic hydroxyl groups is 1. The normalized spacial score (nSPS) is 17.7. The Hall–Kier alpha value is -3.65. The van der Waals surface area contributed by atoms with Crippen molar-refractivity contribution in [1.29, 1.82) is 0 Å². The summed E-state index contributed by atoms with van der Waals surface area (Å²) in [5.41, 5.74) is 0.907. The number of hydrogen-bond acceptors (Lipinski definition) is 6. The van der Waals surface area contributed by atoms with Gasteiger partial charge in [-0.25, -0.2) is 4.98 Å². The number of imidazole rings is 1. The maximum absolute atomic E-state index is 13.1. The van der Waals surface area contributed by atoms with Crippen molar-refractivity contribution in [2.45, 2.75) is 19.0 Å². The van der Waals surface area contributed by atoms with Gasteiger partial charge in [-0.3, -0.25) is 14.6 Å². The average molecular weight is 453 g/mol. The zero-order valence-electron chi connectivity index (χ0n) is 17.3. The van der Waals surface area contributed by atoms with Crippen LogP contribution in [0.5, 0.6) is 5.75 Å². The minimum absolute atomic E-state index is 0.00982. The van der Waals surface area contributed by atoms with E-state index in [1.165, 1.54) is 18.1 Å². The molecule has 8 nitrogen and oxygen atoms in total. The lowest BCUT2D eigenvalue weighted by Crippen LogP contribution is -2.31. The standard InChI is InChI=1S/C23H21ClN4O4/c1-32-18-4-3-16(24)13-17(18)21(29)19-20(15-5-7-25-8-6-15)28(23(31)22(19)30)11-2-10-27-12-9-26-14-27/h3-9,12-14,20,29H,2,10-11H2,1H3/t20-/m0/s1. The fourth-order valence-electron chi connectivity index (χ4n) is 3.86. The van der Waals surface area contributed by atoms with Gasteiger partial charge in [0.25, 0.3) is 11.7 Å². The highest BCUT2D eigenvalue weighted by molar-refractivity contribution is 6.46. The number of ketones is 1. The molecule has 1 atom stereocenters. The molecule has 1 aliphatic heterocycles. The Morgan fingerprint density at radius 2 is 1.91 bits per heavy atom. The van der Waals surface area contributed by atoms with Gasteiger partial charge in [0.15, 0.2) is 0 Å². The fraction of sp³-hybridized carbons (Fsp3) is 0.217. The highest BCUT2D eigenvalue weighted by atomic mass is 35.5. The molecule has 9 heteroatoms. The van der Waals surface area contributed by atoms with Crippen molar-refractivity contribution in [3.63, 3.8) is 0 Å². The number of aliphatic hydroxyl groups excluding tert-OH is 1. The minimum Gasteiger partial charge on any atom is -0.507 e. The largest absolute Gasteiger partial charge is 0.507 e. The Kier molecular flexibility index (Phi) is 6.23. The van der Waals surface area contributed by atoms with Crippen molar-refractivity contribution >= 4 is 29.1 Å². The Bertz CT molecular complexity index is 1160. The third-order valence-corrected chi connectivity index (χ3v) is 5.59. The number of aromatic nitrogens is 3. The summed E-state index contributed by atoms with van der Waals surface area (Å²) in [6.07, 6.45) is 8.98. The number of nitrogens with zero attached hydrogens (tertiary/aromatic N) is 4. The zero-order chi connectivity index (χ0) is 22.7. The number of carbonyl (C=O) groups is 2. The van der Waals surface area contributed by atoms with Crippen LogP contribution in [-0.4, -0.2) is 49.9 Å². The van der Waals surface area contributed by atoms with E-state index in [2.05, 4.69) is 9.97 Å². The van der Waals surface area contributed by atoms with Gasteiger partial charge in [-0.2, -0.15) is 0 Å². The van der Waals surface area contributed by atoms with Crippen LogP contribution in [0.2, 0.25) is 5.02 Å². The number of aryl methyl sites for hydroxylation is 1. The van der Waals surface area contributed by atoms with Crippen LogP contribution in [0.3, 0.4) is 0 Å². The molecule has 2 aromatic heterocycles. The predicted octanol–water partition coefficient (Wildman–Crippen LogP) is 3.45. The van der Waals surface area contributed by atoms with E-state index in [1.807, 2.05) is 10.8 Å². The van der Waals surface area contributed by atoms with Gasteiger partial charge in [-0.05, 0) is 42.3 Å². The van der Waals surface area contributed by atoms with Crippen molar-refractivity contribution in [2.24, 2.45) is 0 Å². The number of carbonyl (C=O) groups excluding carboxylic acids is 2. The molecule has 0 unspecified atom stereocenters. The van der Waals surface area contributed by atoms with Crippen molar-refractivity contribution in [2.75, 3.05) is 13.7 Å². The van der Waals surface area contributed by atoms with Crippen molar-refractivity contribution in [3.8, 4) is 5.75 Å². The number of likely N-dealkylation sites (tertiary alicyclic amines) is 1. The molecular formula is C23H21ClN4O4. The lowest BCUT2D eigenvalue weighted by Gasteiger charge is -2.25. The van der Waals surface area contributed by atoms with Crippen molar-refractivity contribution in [1.82, 2.24) is 19.4 Å². The highest BCUT2D eigenvalue weighted by Crippen LogP contribution is 2.41. The first-order chi connectivity index (χ1) is 15.5. The van der Waals surface area contributed by atoms with E-state index in [0.29, 0.717) is 35.8 Å². The molecule has 1 fully saturated rings. The number of ether oxygens (including phenoxy) is 1. The molecule has 3 heterocycles. The second-order valence-electron chi connectivity index (χ2n) is 7.27. The number of Topliss-reactive ketones (excluding diaryl/α,β-unsaturated/α-hetero) is 1. The number of rotatable bonds is 7. The first-order valence-corrected chi connectivity index (χ1v) is 10.4. The number of amides is 1. The summed E-state index contributed by atoms with van der Waals surface area (Å²) >= 11 is 6.12. The average Bonchev–Trinajstić information content (AvgIpc) is 3.41.